The van der Waals surface area contributed by atoms with Gasteiger partial charge in [-0.3, -0.25) is 9.89 Å². The van der Waals surface area contributed by atoms with E-state index in [4.69, 9.17) is 4.74 Å². The average molecular weight is 402 g/mol. The van der Waals surface area contributed by atoms with E-state index in [9.17, 15) is 0 Å². The van der Waals surface area contributed by atoms with Crippen molar-refractivity contribution in [1.82, 2.24) is 20.5 Å². The van der Waals surface area contributed by atoms with Crippen LogP contribution in [0.4, 0.5) is 0 Å². The first-order valence-electron chi connectivity index (χ1n) is 9.93. The summed E-state index contributed by atoms with van der Waals surface area (Å²) in [5.41, 5.74) is 1.31. The predicted molar refractivity (Wildman–Crippen MR) is 116 cm³/mol. The van der Waals surface area contributed by atoms with E-state index < -0.39 is 0 Å². The van der Waals surface area contributed by atoms with Crippen molar-refractivity contribution in [3.8, 4) is 5.75 Å². The van der Waals surface area contributed by atoms with Crippen molar-refractivity contribution in [1.29, 1.82) is 0 Å². The highest BCUT2D eigenvalue weighted by atomic mass is 32.1. The van der Waals surface area contributed by atoms with Gasteiger partial charge in [0.15, 0.2) is 5.96 Å². The third-order valence-electron chi connectivity index (χ3n) is 5.09. The van der Waals surface area contributed by atoms with Gasteiger partial charge in [0.25, 0.3) is 0 Å². The monoisotopic (exact) mass is 401 g/mol. The van der Waals surface area contributed by atoms with Crippen LogP contribution in [0.25, 0.3) is 0 Å². The summed E-state index contributed by atoms with van der Waals surface area (Å²) in [5.74, 6) is 1.70. The molecule has 1 unspecified atom stereocenters. The number of ether oxygens (including phenoxy) is 1. The second kappa shape index (κ2) is 10.4. The van der Waals surface area contributed by atoms with Crippen LogP contribution in [0.2, 0.25) is 0 Å². The van der Waals surface area contributed by atoms with Crippen LogP contribution in [0, 0.1) is 6.92 Å². The Morgan fingerprint density at radius 1 is 1.21 bits per heavy atom. The minimum atomic E-state index is 0.312. The van der Waals surface area contributed by atoms with Gasteiger partial charge in [-0.1, -0.05) is 18.6 Å². The Kier molecular flexibility index (Phi) is 7.68. The summed E-state index contributed by atoms with van der Waals surface area (Å²) in [4.78, 5) is 12.6. The highest BCUT2D eigenvalue weighted by Gasteiger charge is 2.22. The number of aryl methyl sites for hydroxylation is 1. The number of guanidine groups is 1. The summed E-state index contributed by atoms with van der Waals surface area (Å²) in [5, 5.41) is 7.96. The van der Waals surface area contributed by atoms with E-state index in [0.29, 0.717) is 12.6 Å². The molecule has 7 heteroatoms. The zero-order valence-corrected chi connectivity index (χ0v) is 17.9. The largest absolute Gasteiger partial charge is 0.497 e. The van der Waals surface area contributed by atoms with Gasteiger partial charge in [0.2, 0.25) is 0 Å². The third-order valence-corrected chi connectivity index (χ3v) is 6.01. The number of aliphatic imine (C=N–C) groups is 1. The molecule has 1 fully saturated rings. The molecule has 2 heterocycles. The molecule has 2 N–H and O–H groups in total. The summed E-state index contributed by atoms with van der Waals surface area (Å²) in [6.07, 6.45) is 5.77. The maximum atomic E-state index is 5.32. The van der Waals surface area contributed by atoms with Crippen molar-refractivity contribution >= 4 is 17.3 Å². The van der Waals surface area contributed by atoms with E-state index in [-0.39, 0.29) is 0 Å². The Morgan fingerprint density at radius 3 is 2.57 bits per heavy atom. The fraction of sp³-hybridized carbons (Fsp3) is 0.524. The molecule has 1 aromatic heterocycles. The van der Waals surface area contributed by atoms with Crippen molar-refractivity contribution in [3.05, 3.63) is 45.9 Å². The Labute approximate surface area is 172 Å². The van der Waals surface area contributed by atoms with Crippen molar-refractivity contribution in [2.24, 2.45) is 4.99 Å². The van der Waals surface area contributed by atoms with Gasteiger partial charge in [-0.2, -0.15) is 0 Å². The fourth-order valence-corrected chi connectivity index (χ4v) is 4.30. The molecule has 1 saturated heterocycles. The Bertz CT molecular complexity index is 752. The van der Waals surface area contributed by atoms with E-state index in [2.05, 4.69) is 44.6 Å². The first-order valence-corrected chi connectivity index (χ1v) is 10.7. The van der Waals surface area contributed by atoms with Crippen LogP contribution in [0.15, 0.2) is 35.5 Å². The summed E-state index contributed by atoms with van der Waals surface area (Å²) < 4.78 is 5.32. The van der Waals surface area contributed by atoms with E-state index in [1.807, 2.05) is 25.4 Å². The summed E-state index contributed by atoms with van der Waals surface area (Å²) in [6.45, 7) is 5.86. The van der Waals surface area contributed by atoms with Crippen LogP contribution >= 0.6 is 11.3 Å². The minimum absolute atomic E-state index is 0.312. The van der Waals surface area contributed by atoms with Gasteiger partial charge in [-0.05, 0) is 50.6 Å². The maximum Gasteiger partial charge on any atom is 0.191 e. The normalized spacial score (nSPS) is 16.6. The van der Waals surface area contributed by atoms with E-state index in [0.717, 1.165) is 36.4 Å². The van der Waals surface area contributed by atoms with E-state index >= 15 is 0 Å². The van der Waals surface area contributed by atoms with Crippen molar-refractivity contribution in [2.75, 3.05) is 33.8 Å². The van der Waals surface area contributed by atoms with Gasteiger partial charge in [0.1, 0.15) is 10.8 Å². The van der Waals surface area contributed by atoms with Crippen molar-refractivity contribution < 1.29 is 4.74 Å². The molecule has 0 saturated carbocycles. The van der Waals surface area contributed by atoms with Gasteiger partial charge < -0.3 is 15.4 Å². The van der Waals surface area contributed by atoms with Crippen LogP contribution in [0.3, 0.4) is 0 Å². The lowest BCUT2D eigenvalue weighted by Gasteiger charge is -2.35. The second-order valence-electron chi connectivity index (χ2n) is 7.06. The molecular formula is C21H31N5OS. The van der Waals surface area contributed by atoms with Crippen LogP contribution in [-0.2, 0) is 6.54 Å². The number of rotatable bonds is 7. The molecule has 152 valence electrons. The van der Waals surface area contributed by atoms with Gasteiger partial charge in [0.05, 0.1) is 19.7 Å². The highest BCUT2D eigenvalue weighted by molar-refractivity contribution is 7.11. The molecule has 1 aliphatic heterocycles. The summed E-state index contributed by atoms with van der Waals surface area (Å²) >= 11 is 1.71. The lowest BCUT2D eigenvalue weighted by Crippen LogP contribution is -2.44. The van der Waals surface area contributed by atoms with E-state index in [1.54, 1.807) is 18.4 Å². The lowest BCUT2D eigenvalue weighted by molar-refractivity contribution is 0.164. The Balaban J connectivity index is 1.63. The van der Waals surface area contributed by atoms with Gasteiger partial charge in [0, 0.05) is 24.7 Å². The molecule has 1 aliphatic rings. The van der Waals surface area contributed by atoms with Crippen molar-refractivity contribution in [3.63, 3.8) is 0 Å². The number of nitrogens with zero attached hydrogens (tertiary/aromatic N) is 3. The molecule has 2 aromatic rings. The molecule has 6 nitrogen and oxygen atoms in total. The number of aromatic nitrogens is 1. The van der Waals surface area contributed by atoms with Gasteiger partial charge >= 0.3 is 0 Å². The van der Waals surface area contributed by atoms with Gasteiger partial charge in [-0.25, -0.2) is 4.98 Å². The second-order valence-corrected chi connectivity index (χ2v) is 8.38. The topological polar surface area (TPSA) is 61.8 Å². The van der Waals surface area contributed by atoms with Crippen LogP contribution in [0.1, 0.15) is 40.8 Å². The zero-order chi connectivity index (χ0) is 19.8. The number of likely N-dealkylation sites (tertiary alicyclic amines) is 1. The molecule has 1 aromatic carbocycles. The Morgan fingerprint density at radius 2 is 1.96 bits per heavy atom. The standard InChI is InChI=1S/C21H31N5OS/c1-16-13-23-20(28-16)15-25-21(22-2)24-14-19(26-11-5-4-6-12-26)17-7-9-18(27-3)10-8-17/h7-10,13,19H,4-6,11-12,14-15H2,1-3H3,(H2,22,24,25). The summed E-state index contributed by atoms with van der Waals surface area (Å²) in [6, 6.07) is 8.75. The quantitative estimate of drug-likeness (QED) is 0.550. The number of methoxy groups -OCH3 is 1. The molecule has 0 bridgehead atoms. The third kappa shape index (κ3) is 5.69. The number of benzene rings is 1. The van der Waals surface area contributed by atoms with Crippen molar-refractivity contribution in [2.45, 2.75) is 38.8 Å². The number of piperidine rings is 1. The molecule has 1 atom stereocenters. The van der Waals surface area contributed by atoms with Crippen LogP contribution in [-0.4, -0.2) is 49.6 Å². The fourth-order valence-electron chi connectivity index (χ4n) is 3.57. The highest BCUT2D eigenvalue weighted by Crippen LogP contribution is 2.25. The molecule has 0 radical (unpaired) electrons. The van der Waals surface area contributed by atoms with Gasteiger partial charge in [-0.15, -0.1) is 11.3 Å². The SMILES string of the molecule is CN=C(NCc1ncc(C)s1)NCC(c1ccc(OC)cc1)N1CCCCC1. The molecule has 0 amide bonds. The molecule has 0 aliphatic carbocycles. The first-order chi connectivity index (χ1) is 13.7. The zero-order valence-electron chi connectivity index (χ0n) is 17.1. The number of nitrogens with one attached hydrogen (secondary N) is 2. The molecule has 0 spiro atoms. The number of thiazole rings is 1. The molecular weight excluding hydrogens is 370 g/mol. The smallest absolute Gasteiger partial charge is 0.191 e. The predicted octanol–water partition coefficient (Wildman–Crippen LogP) is 3.35. The minimum Gasteiger partial charge on any atom is -0.497 e. The van der Waals surface area contributed by atoms with Crippen LogP contribution in [0.5, 0.6) is 5.75 Å². The number of hydrogen-bond donors (Lipinski definition) is 2. The Hall–Kier alpha value is -2.12. The van der Waals surface area contributed by atoms with Crippen LogP contribution < -0.4 is 15.4 Å². The van der Waals surface area contributed by atoms with E-state index in [1.165, 1.54) is 29.7 Å². The molecule has 3 rings (SSSR count). The maximum absolute atomic E-state index is 5.32. The summed E-state index contributed by atoms with van der Waals surface area (Å²) in [7, 11) is 3.52. The molecule has 28 heavy (non-hydrogen) atoms. The first kappa shape index (κ1) is 20.6. The average Bonchev–Trinajstić information content (AvgIpc) is 3.16. The lowest BCUT2D eigenvalue weighted by atomic mass is 10.0. The number of hydrogen-bond acceptors (Lipinski definition) is 5.